The van der Waals surface area contributed by atoms with Crippen molar-refractivity contribution in [2.45, 2.75) is 31.1 Å². The molecule has 136 valence electrons. The number of benzene rings is 2. The van der Waals surface area contributed by atoms with E-state index in [1.54, 1.807) is 12.1 Å². The van der Waals surface area contributed by atoms with Gasteiger partial charge in [-0.15, -0.1) is 0 Å². The summed E-state index contributed by atoms with van der Waals surface area (Å²) in [6, 6.07) is 11.1. The third kappa shape index (κ3) is 3.35. The Morgan fingerprint density at radius 1 is 0.962 bits per heavy atom. The number of imide groups is 1. The first-order valence-corrected chi connectivity index (χ1v) is 9.90. The number of aryl methyl sites for hydroxylation is 1. The molecule has 1 N–H and O–H groups in total. The predicted molar refractivity (Wildman–Crippen MR) is 98.7 cm³/mol. The van der Waals surface area contributed by atoms with E-state index in [2.05, 4.69) is 11.6 Å². The quantitative estimate of drug-likeness (QED) is 0.790. The van der Waals surface area contributed by atoms with Crippen molar-refractivity contribution in [2.24, 2.45) is 0 Å². The average molecular weight is 372 g/mol. The van der Waals surface area contributed by atoms with E-state index < -0.39 is 15.9 Å². The largest absolute Gasteiger partial charge is 0.280 e. The second-order valence-electron chi connectivity index (χ2n) is 6.28. The number of fused-ring (bicyclic) bond motifs is 1. The molecule has 0 spiro atoms. The Bertz CT molecular complexity index is 966. The molecule has 2 amide bonds. The summed E-state index contributed by atoms with van der Waals surface area (Å²) in [5.41, 5.74) is 1.82. The number of nitrogens with zero attached hydrogens (tertiary/aromatic N) is 1. The topological polar surface area (TPSA) is 83.6 Å². The first-order valence-electron chi connectivity index (χ1n) is 8.41. The first-order chi connectivity index (χ1) is 12.3. The van der Waals surface area contributed by atoms with Crippen molar-refractivity contribution >= 4 is 27.5 Å². The maximum atomic E-state index is 12.6. The molecular weight excluding hydrogens is 352 g/mol. The third-order valence-electron chi connectivity index (χ3n) is 4.39. The molecule has 26 heavy (non-hydrogen) atoms. The van der Waals surface area contributed by atoms with E-state index in [4.69, 9.17) is 0 Å². The second-order valence-corrected chi connectivity index (χ2v) is 7.97. The molecule has 1 heterocycles. The molecule has 0 atom stereocenters. The number of carbonyl (C=O) groups is 2. The van der Waals surface area contributed by atoms with Gasteiger partial charge < -0.3 is 0 Å². The zero-order chi connectivity index (χ0) is 18.9. The van der Waals surface area contributed by atoms with Gasteiger partial charge in [0.05, 0.1) is 16.0 Å². The summed E-state index contributed by atoms with van der Waals surface area (Å²) in [4.78, 5) is 25.1. The minimum atomic E-state index is -3.77. The van der Waals surface area contributed by atoms with E-state index in [1.165, 1.54) is 25.2 Å². The summed E-state index contributed by atoms with van der Waals surface area (Å²) in [6.07, 6.45) is 3.05. The highest BCUT2D eigenvalue weighted by Crippen LogP contribution is 2.26. The zero-order valence-corrected chi connectivity index (χ0v) is 15.5. The Kier molecular flexibility index (Phi) is 4.82. The van der Waals surface area contributed by atoms with Gasteiger partial charge in [0, 0.05) is 12.7 Å². The van der Waals surface area contributed by atoms with Gasteiger partial charge in [0.2, 0.25) is 0 Å². The molecular formula is C19H20N2O4S. The van der Waals surface area contributed by atoms with Crippen LogP contribution in [0.15, 0.2) is 47.4 Å². The fraction of sp³-hybridized carbons (Fsp3) is 0.263. The van der Waals surface area contributed by atoms with Crippen molar-refractivity contribution < 1.29 is 18.0 Å². The van der Waals surface area contributed by atoms with Crippen LogP contribution in [0.5, 0.6) is 0 Å². The number of amides is 2. The summed E-state index contributed by atoms with van der Waals surface area (Å²) in [7, 11) is -2.37. The smallest absolute Gasteiger partial charge is 0.261 e. The first kappa shape index (κ1) is 18.1. The van der Waals surface area contributed by atoms with Crippen molar-refractivity contribution in [2.75, 3.05) is 11.8 Å². The molecule has 0 saturated heterocycles. The summed E-state index contributed by atoms with van der Waals surface area (Å²) in [5.74, 6) is -0.826. The summed E-state index contributed by atoms with van der Waals surface area (Å²) in [5, 5.41) is 0. The number of carbonyl (C=O) groups excluding carboxylic acids is 2. The summed E-state index contributed by atoms with van der Waals surface area (Å²) in [6.45, 7) is 2.11. The lowest BCUT2D eigenvalue weighted by atomic mass is 10.1. The highest BCUT2D eigenvalue weighted by molar-refractivity contribution is 7.92. The Labute approximate surface area is 152 Å². The van der Waals surface area contributed by atoms with E-state index in [0.717, 1.165) is 29.7 Å². The van der Waals surface area contributed by atoms with Crippen LogP contribution in [0.3, 0.4) is 0 Å². The molecule has 3 rings (SSSR count). The van der Waals surface area contributed by atoms with Gasteiger partial charge >= 0.3 is 0 Å². The lowest BCUT2D eigenvalue weighted by Crippen LogP contribution is -2.24. The highest BCUT2D eigenvalue weighted by atomic mass is 32.2. The number of rotatable bonds is 6. The molecule has 2 aromatic rings. The summed E-state index contributed by atoms with van der Waals surface area (Å²) >= 11 is 0. The molecule has 0 fully saturated rings. The third-order valence-corrected chi connectivity index (χ3v) is 5.79. The van der Waals surface area contributed by atoms with E-state index in [1.807, 2.05) is 12.1 Å². The van der Waals surface area contributed by atoms with Crippen LogP contribution in [0.2, 0.25) is 0 Å². The van der Waals surface area contributed by atoms with Crippen LogP contribution >= 0.6 is 0 Å². The molecule has 6 nitrogen and oxygen atoms in total. The molecule has 0 aromatic heterocycles. The van der Waals surface area contributed by atoms with E-state index >= 15 is 0 Å². The van der Waals surface area contributed by atoms with Crippen molar-refractivity contribution in [3.8, 4) is 0 Å². The monoisotopic (exact) mass is 372 g/mol. The average Bonchev–Trinajstić information content (AvgIpc) is 2.84. The lowest BCUT2D eigenvalue weighted by molar-refractivity contribution is 0.0693. The molecule has 0 bridgehead atoms. The molecule has 0 radical (unpaired) electrons. The molecule has 0 saturated carbocycles. The molecule has 2 aromatic carbocycles. The molecule has 7 heteroatoms. The maximum absolute atomic E-state index is 12.6. The molecule has 0 aliphatic carbocycles. The minimum absolute atomic E-state index is 0.151. The maximum Gasteiger partial charge on any atom is 0.261 e. The van der Waals surface area contributed by atoms with Gasteiger partial charge in [-0.2, -0.15) is 0 Å². The fourth-order valence-corrected chi connectivity index (χ4v) is 3.90. The van der Waals surface area contributed by atoms with Crippen LogP contribution in [0.4, 0.5) is 5.69 Å². The standard InChI is InChI=1S/C19H20N2O4S/c1-3-4-5-13-6-9-15(10-7-13)26(24,25)20-14-8-11-16-17(12-14)19(23)21(2)18(16)22/h6-12,20H,3-5H2,1-2H3. The molecule has 1 aliphatic heterocycles. The zero-order valence-electron chi connectivity index (χ0n) is 14.7. The number of nitrogens with one attached hydrogen (secondary N) is 1. The van der Waals surface area contributed by atoms with Gasteiger partial charge in [-0.3, -0.25) is 19.2 Å². The fourth-order valence-electron chi connectivity index (χ4n) is 2.86. The van der Waals surface area contributed by atoms with Crippen LogP contribution in [0.1, 0.15) is 46.0 Å². The number of anilines is 1. The highest BCUT2D eigenvalue weighted by Gasteiger charge is 2.33. The van der Waals surface area contributed by atoms with Crippen LogP contribution in [-0.4, -0.2) is 32.2 Å². The van der Waals surface area contributed by atoms with Gasteiger partial charge in [0.15, 0.2) is 0 Å². The van der Waals surface area contributed by atoms with Crippen molar-refractivity contribution in [1.29, 1.82) is 0 Å². The Hall–Kier alpha value is -2.67. The predicted octanol–water partition coefficient (Wildman–Crippen LogP) is 3.06. The summed E-state index contributed by atoms with van der Waals surface area (Å²) < 4.78 is 27.6. The van der Waals surface area contributed by atoms with Crippen molar-refractivity contribution in [1.82, 2.24) is 4.90 Å². The van der Waals surface area contributed by atoms with Crippen LogP contribution in [0.25, 0.3) is 0 Å². The minimum Gasteiger partial charge on any atom is -0.280 e. The number of hydrogen-bond acceptors (Lipinski definition) is 4. The van der Waals surface area contributed by atoms with Gasteiger partial charge in [-0.05, 0) is 48.7 Å². The van der Waals surface area contributed by atoms with Gasteiger partial charge in [-0.1, -0.05) is 25.5 Å². The van der Waals surface area contributed by atoms with Gasteiger partial charge in [0.25, 0.3) is 21.8 Å². The SMILES string of the molecule is CCCCc1ccc(S(=O)(=O)Nc2ccc3c(c2)C(=O)N(C)C3=O)cc1. The van der Waals surface area contributed by atoms with Gasteiger partial charge in [-0.25, -0.2) is 8.42 Å². The van der Waals surface area contributed by atoms with E-state index in [0.29, 0.717) is 0 Å². The van der Waals surface area contributed by atoms with E-state index in [-0.39, 0.29) is 27.6 Å². The lowest BCUT2D eigenvalue weighted by Gasteiger charge is -2.09. The number of sulfonamides is 1. The van der Waals surface area contributed by atoms with Gasteiger partial charge in [0.1, 0.15) is 0 Å². The Balaban J connectivity index is 1.82. The molecule has 0 unspecified atom stereocenters. The Morgan fingerprint density at radius 3 is 2.27 bits per heavy atom. The second kappa shape index (κ2) is 6.92. The molecule has 1 aliphatic rings. The van der Waals surface area contributed by atoms with Crippen LogP contribution in [-0.2, 0) is 16.4 Å². The normalized spacial score (nSPS) is 13.8. The van der Waals surface area contributed by atoms with Crippen LogP contribution in [0, 0.1) is 0 Å². The van der Waals surface area contributed by atoms with Crippen molar-refractivity contribution in [3.63, 3.8) is 0 Å². The number of unbranched alkanes of at least 4 members (excludes halogenated alkanes) is 1. The Morgan fingerprint density at radius 2 is 1.62 bits per heavy atom. The van der Waals surface area contributed by atoms with Crippen LogP contribution < -0.4 is 4.72 Å². The van der Waals surface area contributed by atoms with Crippen molar-refractivity contribution in [3.05, 3.63) is 59.2 Å². The van der Waals surface area contributed by atoms with E-state index in [9.17, 15) is 18.0 Å². The number of hydrogen-bond donors (Lipinski definition) is 1.